The lowest BCUT2D eigenvalue weighted by atomic mass is 10.1. The molecule has 0 spiro atoms. The van der Waals surface area contributed by atoms with Gasteiger partial charge in [-0.3, -0.25) is 4.79 Å². The summed E-state index contributed by atoms with van der Waals surface area (Å²) in [5.74, 6) is 0.706. The van der Waals surface area contributed by atoms with E-state index in [0.717, 1.165) is 5.56 Å². The van der Waals surface area contributed by atoms with Crippen LogP contribution in [0.1, 0.15) is 11.3 Å². The summed E-state index contributed by atoms with van der Waals surface area (Å²) in [6.07, 6.45) is 0. The molecule has 0 aliphatic rings. The lowest BCUT2D eigenvalue weighted by Crippen LogP contribution is -2.19. The lowest BCUT2D eigenvalue weighted by molar-refractivity contribution is 0.391. The molecular formula is C13H15NO2. The predicted octanol–water partition coefficient (Wildman–Crippen LogP) is 2.16. The molecule has 0 atom stereocenters. The van der Waals surface area contributed by atoms with E-state index in [1.54, 1.807) is 6.07 Å². The quantitative estimate of drug-likeness (QED) is 0.773. The number of aryl methyl sites for hydroxylation is 1. The Morgan fingerprint density at radius 2 is 1.94 bits per heavy atom. The Kier molecular flexibility index (Phi) is 2.79. The Balaban J connectivity index is 2.71. The van der Waals surface area contributed by atoms with Gasteiger partial charge in [0.05, 0.1) is 10.9 Å². The summed E-state index contributed by atoms with van der Waals surface area (Å²) in [4.78, 5) is 14.2. The van der Waals surface area contributed by atoms with Gasteiger partial charge in [-0.25, -0.2) is 0 Å². The number of hydrogen-bond donors (Lipinski definition) is 0. The highest BCUT2D eigenvalue weighted by Crippen LogP contribution is 2.15. The van der Waals surface area contributed by atoms with Gasteiger partial charge in [-0.2, -0.15) is 0 Å². The molecule has 0 saturated carbocycles. The number of rotatable bonds is 2. The van der Waals surface area contributed by atoms with Gasteiger partial charge < -0.3 is 9.32 Å². The first-order chi connectivity index (χ1) is 7.59. The van der Waals surface area contributed by atoms with E-state index in [4.69, 9.17) is 4.42 Å². The summed E-state index contributed by atoms with van der Waals surface area (Å²) in [5, 5.41) is 0.657. The second-order valence-electron chi connectivity index (χ2n) is 4.20. The third-order valence-electron chi connectivity index (χ3n) is 2.57. The highest BCUT2D eigenvalue weighted by molar-refractivity contribution is 5.77. The standard InChI is InChI=1S/C13H15NO2/c1-9-11(8-14(2)3)13(15)10-6-4-5-7-12(10)16-9/h4-7H,8H2,1-3H3. The third-order valence-corrected chi connectivity index (χ3v) is 2.57. The number of hydrogen-bond acceptors (Lipinski definition) is 3. The Morgan fingerprint density at radius 1 is 1.25 bits per heavy atom. The van der Waals surface area contributed by atoms with E-state index in [9.17, 15) is 4.79 Å². The molecule has 0 amide bonds. The van der Waals surface area contributed by atoms with Crippen molar-refractivity contribution in [3.8, 4) is 0 Å². The van der Waals surface area contributed by atoms with Crippen LogP contribution in [-0.2, 0) is 6.54 Å². The van der Waals surface area contributed by atoms with Gasteiger partial charge in [0.1, 0.15) is 11.3 Å². The number of para-hydroxylation sites is 1. The molecule has 0 bridgehead atoms. The molecule has 0 radical (unpaired) electrons. The minimum Gasteiger partial charge on any atom is -0.461 e. The van der Waals surface area contributed by atoms with Gasteiger partial charge in [0.25, 0.3) is 0 Å². The molecule has 84 valence electrons. The van der Waals surface area contributed by atoms with Crippen LogP contribution < -0.4 is 5.43 Å². The molecule has 1 aromatic carbocycles. The molecule has 16 heavy (non-hydrogen) atoms. The first kappa shape index (κ1) is 10.9. The van der Waals surface area contributed by atoms with E-state index in [0.29, 0.717) is 23.3 Å². The molecule has 2 aromatic rings. The Bertz CT molecular complexity index is 570. The van der Waals surface area contributed by atoms with Gasteiger partial charge in [-0.05, 0) is 33.2 Å². The minimum atomic E-state index is 0.0769. The van der Waals surface area contributed by atoms with Crippen molar-refractivity contribution in [1.29, 1.82) is 0 Å². The Hall–Kier alpha value is -1.61. The number of nitrogens with zero attached hydrogens (tertiary/aromatic N) is 1. The summed E-state index contributed by atoms with van der Waals surface area (Å²) < 4.78 is 5.65. The van der Waals surface area contributed by atoms with E-state index in [2.05, 4.69) is 0 Å². The fraction of sp³-hybridized carbons (Fsp3) is 0.308. The molecule has 0 aliphatic heterocycles. The maximum atomic E-state index is 12.2. The second-order valence-corrected chi connectivity index (χ2v) is 4.20. The van der Waals surface area contributed by atoms with Crippen LogP contribution in [0.3, 0.4) is 0 Å². The highest BCUT2D eigenvalue weighted by Gasteiger charge is 2.11. The lowest BCUT2D eigenvalue weighted by Gasteiger charge is -2.11. The zero-order chi connectivity index (χ0) is 11.7. The van der Waals surface area contributed by atoms with Gasteiger partial charge in [0.15, 0.2) is 5.43 Å². The summed E-state index contributed by atoms with van der Waals surface area (Å²) in [7, 11) is 3.88. The molecule has 1 aromatic heterocycles. The molecule has 3 heteroatoms. The molecular weight excluding hydrogens is 202 g/mol. The van der Waals surface area contributed by atoms with Crippen molar-refractivity contribution in [3.63, 3.8) is 0 Å². The third kappa shape index (κ3) is 1.86. The predicted molar refractivity (Wildman–Crippen MR) is 64.6 cm³/mol. The Morgan fingerprint density at radius 3 is 2.62 bits per heavy atom. The van der Waals surface area contributed by atoms with E-state index in [1.807, 2.05) is 44.1 Å². The van der Waals surface area contributed by atoms with Crippen LogP contribution in [0, 0.1) is 6.92 Å². The van der Waals surface area contributed by atoms with Gasteiger partial charge in [0.2, 0.25) is 0 Å². The summed E-state index contributed by atoms with van der Waals surface area (Å²) in [5.41, 5.74) is 1.48. The fourth-order valence-corrected chi connectivity index (χ4v) is 1.79. The van der Waals surface area contributed by atoms with Crippen LogP contribution >= 0.6 is 0 Å². The molecule has 1 heterocycles. The molecule has 0 unspecified atom stereocenters. The van der Waals surface area contributed by atoms with Crippen molar-refractivity contribution in [2.24, 2.45) is 0 Å². The van der Waals surface area contributed by atoms with Crippen LogP contribution in [0.15, 0.2) is 33.5 Å². The minimum absolute atomic E-state index is 0.0769. The van der Waals surface area contributed by atoms with Gasteiger partial charge in [0, 0.05) is 6.54 Å². The SMILES string of the molecule is Cc1oc2ccccc2c(=O)c1CN(C)C. The van der Waals surface area contributed by atoms with Crippen molar-refractivity contribution in [3.05, 3.63) is 45.8 Å². The zero-order valence-electron chi connectivity index (χ0n) is 9.78. The van der Waals surface area contributed by atoms with Crippen LogP contribution in [-0.4, -0.2) is 19.0 Å². The van der Waals surface area contributed by atoms with Gasteiger partial charge in [-0.1, -0.05) is 12.1 Å². The maximum Gasteiger partial charge on any atom is 0.197 e. The van der Waals surface area contributed by atoms with Gasteiger partial charge in [-0.15, -0.1) is 0 Å². The highest BCUT2D eigenvalue weighted by atomic mass is 16.3. The van der Waals surface area contributed by atoms with Crippen molar-refractivity contribution >= 4 is 11.0 Å². The zero-order valence-corrected chi connectivity index (χ0v) is 9.78. The average molecular weight is 217 g/mol. The van der Waals surface area contributed by atoms with Crippen LogP contribution in [0.25, 0.3) is 11.0 Å². The maximum absolute atomic E-state index is 12.2. The molecule has 3 nitrogen and oxygen atoms in total. The van der Waals surface area contributed by atoms with E-state index >= 15 is 0 Å². The van der Waals surface area contributed by atoms with Crippen molar-refractivity contribution < 1.29 is 4.42 Å². The first-order valence-corrected chi connectivity index (χ1v) is 5.25. The van der Waals surface area contributed by atoms with E-state index < -0.39 is 0 Å². The van der Waals surface area contributed by atoms with E-state index in [1.165, 1.54) is 0 Å². The molecule has 0 saturated heterocycles. The normalized spacial score (nSPS) is 11.2. The van der Waals surface area contributed by atoms with Crippen LogP contribution in [0.4, 0.5) is 0 Å². The Labute approximate surface area is 94.3 Å². The van der Waals surface area contributed by atoms with Crippen LogP contribution in [0.5, 0.6) is 0 Å². The smallest absolute Gasteiger partial charge is 0.197 e. The van der Waals surface area contributed by atoms with Gasteiger partial charge >= 0.3 is 0 Å². The van der Waals surface area contributed by atoms with Crippen LogP contribution in [0.2, 0.25) is 0 Å². The molecule has 0 fully saturated rings. The van der Waals surface area contributed by atoms with Crippen molar-refractivity contribution in [1.82, 2.24) is 4.90 Å². The molecule has 0 aliphatic carbocycles. The van der Waals surface area contributed by atoms with Crippen molar-refractivity contribution in [2.45, 2.75) is 13.5 Å². The monoisotopic (exact) mass is 217 g/mol. The van der Waals surface area contributed by atoms with Crippen molar-refractivity contribution in [2.75, 3.05) is 14.1 Å². The summed E-state index contributed by atoms with van der Waals surface area (Å²) in [6.45, 7) is 2.45. The fourth-order valence-electron chi connectivity index (χ4n) is 1.79. The first-order valence-electron chi connectivity index (χ1n) is 5.25. The second kappa shape index (κ2) is 4.10. The molecule has 2 rings (SSSR count). The average Bonchev–Trinajstić information content (AvgIpc) is 2.24. The largest absolute Gasteiger partial charge is 0.461 e. The molecule has 0 N–H and O–H groups in total. The summed E-state index contributed by atoms with van der Waals surface area (Å²) >= 11 is 0. The number of benzene rings is 1. The number of fused-ring (bicyclic) bond motifs is 1. The van der Waals surface area contributed by atoms with E-state index in [-0.39, 0.29) is 5.43 Å². The summed E-state index contributed by atoms with van der Waals surface area (Å²) in [6, 6.07) is 7.35. The topological polar surface area (TPSA) is 33.5 Å².